The Morgan fingerprint density at radius 1 is 1.23 bits per heavy atom. The van der Waals surface area contributed by atoms with Crippen LogP contribution >= 0.6 is 11.6 Å². The van der Waals surface area contributed by atoms with Crippen LogP contribution in [0.15, 0.2) is 53.5 Å². The van der Waals surface area contributed by atoms with Crippen molar-refractivity contribution in [1.82, 2.24) is 0 Å². The predicted octanol–water partition coefficient (Wildman–Crippen LogP) is 3.71. The third-order valence-corrected chi connectivity index (χ3v) is 3.39. The van der Waals surface area contributed by atoms with Crippen LogP contribution in [0, 0.1) is 0 Å². The standard InChI is InChI=1S/C17H20ClN3O/c1-2-13-6-5-7-14(12-13)21-17(19)20-10-11-22-16-9-4-3-8-15(16)18/h3-9,12H,2,10-11H2,1H3,(H3,19,20,21). The van der Waals surface area contributed by atoms with E-state index < -0.39 is 0 Å². The Hall–Kier alpha value is -2.20. The van der Waals surface area contributed by atoms with Crippen LogP contribution in [-0.2, 0) is 6.42 Å². The zero-order chi connectivity index (χ0) is 15.8. The summed E-state index contributed by atoms with van der Waals surface area (Å²) < 4.78 is 5.55. The molecule has 0 unspecified atom stereocenters. The molecule has 5 heteroatoms. The molecule has 0 heterocycles. The summed E-state index contributed by atoms with van der Waals surface area (Å²) in [6, 6.07) is 15.4. The number of nitrogens with one attached hydrogen (secondary N) is 1. The average molecular weight is 318 g/mol. The molecule has 22 heavy (non-hydrogen) atoms. The number of ether oxygens (including phenoxy) is 1. The molecule has 2 aromatic carbocycles. The van der Waals surface area contributed by atoms with E-state index in [0.717, 1.165) is 12.1 Å². The van der Waals surface area contributed by atoms with Gasteiger partial charge in [-0.25, -0.2) is 4.99 Å². The summed E-state index contributed by atoms with van der Waals surface area (Å²) in [6.45, 7) is 2.99. The maximum atomic E-state index is 6.00. The lowest BCUT2D eigenvalue weighted by Crippen LogP contribution is -2.23. The maximum absolute atomic E-state index is 6.00. The van der Waals surface area contributed by atoms with Gasteiger partial charge in [0.05, 0.1) is 11.6 Å². The normalized spacial score (nSPS) is 11.3. The van der Waals surface area contributed by atoms with Crippen LogP contribution < -0.4 is 15.8 Å². The Morgan fingerprint density at radius 2 is 2.05 bits per heavy atom. The number of nitrogens with two attached hydrogens (primary N) is 1. The van der Waals surface area contributed by atoms with Gasteiger partial charge < -0.3 is 15.8 Å². The molecule has 4 nitrogen and oxygen atoms in total. The fourth-order valence-electron chi connectivity index (χ4n) is 1.94. The topological polar surface area (TPSA) is 59.6 Å². The second-order valence-electron chi connectivity index (χ2n) is 4.72. The van der Waals surface area contributed by atoms with Gasteiger partial charge >= 0.3 is 0 Å². The Kier molecular flexibility index (Phi) is 6.10. The van der Waals surface area contributed by atoms with Gasteiger partial charge in [0, 0.05) is 5.69 Å². The summed E-state index contributed by atoms with van der Waals surface area (Å²) in [5, 5.41) is 3.66. The van der Waals surface area contributed by atoms with Crippen molar-refractivity contribution in [3.63, 3.8) is 0 Å². The van der Waals surface area contributed by atoms with E-state index in [9.17, 15) is 0 Å². The van der Waals surface area contributed by atoms with E-state index >= 15 is 0 Å². The van der Waals surface area contributed by atoms with Gasteiger partial charge in [0.25, 0.3) is 0 Å². The van der Waals surface area contributed by atoms with Crippen LogP contribution in [0.4, 0.5) is 5.69 Å². The molecule has 0 radical (unpaired) electrons. The molecule has 0 saturated carbocycles. The number of halogens is 1. The van der Waals surface area contributed by atoms with Gasteiger partial charge in [-0.3, -0.25) is 0 Å². The molecule has 3 N–H and O–H groups in total. The highest BCUT2D eigenvalue weighted by Crippen LogP contribution is 2.22. The minimum absolute atomic E-state index is 0.371. The molecule has 0 aliphatic heterocycles. The minimum Gasteiger partial charge on any atom is -0.490 e. The van der Waals surface area contributed by atoms with Crippen molar-refractivity contribution in [3.05, 3.63) is 59.1 Å². The summed E-state index contributed by atoms with van der Waals surface area (Å²) in [5.74, 6) is 1.03. The highest BCUT2D eigenvalue weighted by atomic mass is 35.5. The molecule has 2 rings (SSSR count). The number of aryl methyl sites for hydroxylation is 1. The highest BCUT2D eigenvalue weighted by molar-refractivity contribution is 6.32. The number of aliphatic imine (C=N–C) groups is 1. The fourth-order valence-corrected chi connectivity index (χ4v) is 2.13. The highest BCUT2D eigenvalue weighted by Gasteiger charge is 1.99. The first-order valence-electron chi connectivity index (χ1n) is 7.22. The van der Waals surface area contributed by atoms with Crippen LogP contribution in [-0.4, -0.2) is 19.1 Å². The SMILES string of the molecule is CCc1cccc(NC(N)=NCCOc2ccccc2Cl)c1. The summed E-state index contributed by atoms with van der Waals surface area (Å²) in [4.78, 5) is 4.23. The van der Waals surface area contributed by atoms with E-state index in [-0.39, 0.29) is 0 Å². The summed E-state index contributed by atoms with van der Waals surface area (Å²) in [7, 11) is 0. The van der Waals surface area contributed by atoms with Gasteiger partial charge in [-0.15, -0.1) is 0 Å². The van der Waals surface area contributed by atoms with Crippen LogP contribution in [0.25, 0.3) is 0 Å². The summed E-state index contributed by atoms with van der Waals surface area (Å²) in [6.07, 6.45) is 0.984. The summed E-state index contributed by atoms with van der Waals surface area (Å²) in [5.41, 5.74) is 8.05. The number of rotatable bonds is 6. The molecule has 0 aliphatic carbocycles. The number of nitrogens with zero attached hydrogens (tertiary/aromatic N) is 1. The van der Waals surface area contributed by atoms with Crippen LogP contribution in [0.3, 0.4) is 0 Å². The maximum Gasteiger partial charge on any atom is 0.193 e. The number of hydrogen-bond acceptors (Lipinski definition) is 2. The zero-order valence-corrected chi connectivity index (χ0v) is 13.3. The molecule has 0 bridgehead atoms. The minimum atomic E-state index is 0.371. The summed E-state index contributed by atoms with van der Waals surface area (Å²) >= 11 is 6.00. The number of benzene rings is 2. The molecule has 2 aromatic rings. The molecule has 0 spiro atoms. The molecule has 116 valence electrons. The molecule has 0 saturated heterocycles. The van der Waals surface area contributed by atoms with Crippen molar-refractivity contribution in [2.75, 3.05) is 18.5 Å². The number of hydrogen-bond donors (Lipinski definition) is 2. The molecular weight excluding hydrogens is 298 g/mol. The first kappa shape index (κ1) is 16.2. The second kappa shape index (κ2) is 8.29. The van der Waals surface area contributed by atoms with Gasteiger partial charge in [-0.1, -0.05) is 42.8 Å². The fraction of sp³-hybridized carbons (Fsp3) is 0.235. The monoisotopic (exact) mass is 317 g/mol. The van der Waals surface area contributed by atoms with E-state index in [4.69, 9.17) is 22.1 Å². The average Bonchev–Trinajstić information content (AvgIpc) is 2.53. The van der Waals surface area contributed by atoms with E-state index in [2.05, 4.69) is 29.4 Å². The lowest BCUT2D eigenvalue weighted by atomic mass is 10.1. The van der Waals surface area contributed by atoms with Crippen LogP contribution in [0.1, 0.15) is 12.5 Å². The Bertz CT molecular complexity index is 643. The Labute approximate surface area is 136 Å². The lowest BCUT2D eigenvalue weighted by molar-refractivity contribution is 0.329. The number of guanidine groups is 1. The van der Waals surface area contributed by atoms with E-state index in [1.165, 1.54) is 5.56 Å². The Morgan fingerprint density at radius 3 is 2.82 bits per heavy atom. The third kappa shape index (κ3) is 4.97. The van der Waals surface area contributed by atoms with E-state index in [1.54, 1.807) is 6.07 Å². The molecule has 0 aliphatic rings. The van der Waals surface area contributed by atoms with Gasteiger partial charge in [0.1, 0.15) is 12.4 Å². The largest absolute Gasteiger partial charge is 0.490 e. The first-order valence-corrected chi connectivity index (χ1v) is 7.60. The quantitative estimate of drug-likeness (QED) is 0.485. The molecule has 0 fully saturated rings. The Balaban J connectivity index is 1.81. The smallest absolute Gasteiger partial charge is 0.193 e. The third-order valence-electron chi connectivity index (χ3n) is 3.08. The number of anilines is 1. The first-order chi connectivity index (χ1) is 10.7. The molecule has 0 amide bonds. The molecule has 0 atom stereocenters. The van der Waals surface area contributed by atoms with Crippen molar-refractivity contribution in [3.8, 4) is 5.75 Å². The van der Waals surface area contributed by atoms with Gasteiger partial charge in [0.15, 0.2) is 5.96 Å². The van der Waals surface area contributed by atoms with Crippen molar-refractivity contribution in [2.45, 2.75) is 13.3 Å². The van der Waals surface area contributed by atoms with Crippen LogP contribution in [0.5, 0.6) is 5.75 Å². The van der Waals surface area contributed by atoms with E-state index in [1.807, 2.05) is 30.3 Å². The lowest BCUT2D eigenvalue weighted by Gasteiger charge is -2.08. The zero-order valence-electron chi connectivity index (χ0n) is 12.6. The molecule has 0 aromatic heterocycles. The van der Waals surface area contributed by atoms with Gasteiger partial charge in [-0.05, 0) is 36.2 Å². The van der Waals surface area contributed by atoms with Crippen molar-refractivity contribution < 1.29 is 4.74 Å². The number of para-hydroxylation sites is 1. The van der Waals surface area contributed by atoms with Crippen molar-refractivity contribution in [2.24, 2.45) is 10.7 Å². The van der Waals surface area contributed by atoms with Crippen LogP contribution in [0.2, 0.25) is 5.02 Å². The van der Waals surface area contributed by atoms with E-state index in [0.29, 0.717) is 29.9 Å². The predicted molar refractivity (Wildman–Crippen MR) is 92.9 cm³/mol. The van der Waals surface area contributed by atoms with Crippen molar-refractivity contribution >= 4 is 23.2 Å². The molecular formula is C17H20ClN3O. The van der Waals surface area contributed by atoms with Gasteiger partial charge in [0.2, 0.25) is 0 Å². The van der Waals surface area contributed by atoms with Gasteiger partial charge in [-0.2, -0.15) is 0 Å². The van der Waals surface area contributed by atoms with Crippen molar-refractivity contribution in [1.29, 1.82) is 0 Å². The second-order valence-corrected chi connectivity index (χ2v) is 5.13.